The highest BCUT2D eigenvalue weighted by molar-refractivity contribution is 9.10. The van der Waals surface area contributed by atoms with E-state index in [-0.39, 0.29) is 0 Å². The quantitative estimate of drug-likeness (QED) is 0.858. The summed E-state index contributed by atoms with van der Waals surface area (Å²) in [6, 6.07) is 8.07. The van der Waals surface area contributed by atoms with Crippen molar-refractivity contribution in [2.45, 2.75) is 31.8 Å². The van der Waals surface area contributed by atoms with Crippen LogP contribution in [0.5, 0.6) is 5.75 Å². The van der Waals surface area contributed by atoms with E-state index in [4.69, 9.17) is 4.74 Å². The SMILES string of the molecule is Brc1ccc(-n2cc(OC3CCCC3)cn2)cc1. The monoisotopic (exact) mass is 306 g/mol. The Bertz CT molecular complexity index is 515. The molecule has 1 aliphatic rings. The first-order valence-corrected chi connectivity index (χ1v) is 7.08. The molecule has 0 aliphatic heterocycles. The van der Waals surface area contributed by atoms with Crippen LogP contribution in [0.15, 0.2) is 41.1 Å². The van der Waals surface area contributed by atoms with E-state index in [2.05, 4.69) is 21.0 Å². The summed E-state index contributed by atoms with van der Waals surface area (Å²) in [5.74, 6) is 0.866. The van der Waals surface area contributed by atoms with Gasteiger partial charge in [0.1, 0.15) is 0 Å². The molecule has 1 saturated carbocycles. The van der Waals surface area contributed by atoms with Gasteiger partial charge in [0.05, 0.1) is 24.2 Å². The van der Waals surface area contributed by atoms with E-state index >= 15 is 0 Å². The average molecular weight is 307 g/mol. The molecule has 0 amide bonds. The first-order chi connectivity index (χ1) is 8.81. The predicted octanol–water partition coefficient (Wildman–Crippen LogP) is 3.96. The molecule has 1 heterocycles. The van der Waals surface area contributed by atoms with Crippen molar-refractivity contribution < 1.29 is 4.74 Å². The Kier molecular flexibility index (Phi) is 3.37. The first-order valence-electron chi connectivity index (χ1n) is 6.28. The van der Waals surface area contributed by atoms with Crippen molar-refractivity contribution in [1.82, 2.24) is 9.78 Å². The molecule has 0 N–H and O–H groups in total. The van der Waals surface area contributed by atoms with Crippen LogP contribution in [0.1, 0.15) is 25.7 Å². The predicted molar refractivity (Wildman–Crippen MR) is 74.1 cm³/mol. The Labute approximate surface area is 115 Å². The molecule has 0 spiro atoms. The smallest absolute Gasteiger partial charge is 0.158 e. The molecule has 18 heavy (non-hydrogen) atoms. The van der Waals surface area contributed by atoms with Crippen molar-refractivity contribution in [3.63, 3.8) is 0 Å². The molecule has 94 valence electrons. The third-order valence-corrected chi connectivity index (χ3v) is 3.78. The van der Waals surface area contributed by atoms with Crippen molar-refractivity contribution in [2.24, 2.45) is 0 Å². The third-order valence-electron chi connectivity index (χ3n) is 3.26. The number of halogens is 1. The summed E-state index contributed by atoms with van der Waals surface area (Å²) < 4.78 is 8.82. The van der Waals surface area contributed by atoms with Gasteiger partial charge in [0.15, 0.2) is 5.75 Å². The van der Waals surface area contributed by atoms with Crippen molar-refractivity contribution in [2.75, 3.05) is 0 Å². The van der Waals surface area contributed by atoms with Gasteiger partial charge >= 0.3 is 0 Å². The number of hydrogen-bond acceptors (Lipinski definition) is 2. The number of aromatic nitrogens is 2. The van der Waals surface area contributed by atoms with Crippen LogP contribution in [0.4, 0.5) is 0 Å². The first kappa shape index (κ1) is 11.8. The average Bonchev–Trinajstić information content (AvgIpc) is 3.02. The van der Waals surface area contributed by atoms with Crippen molar-refractivity contribution in [3.8, 4) is 11.4 Å². The van der Waals surface area contributed by atoms with Gasteiger partial charge in [0, 0.05) is 4.47 Å². The van der Waals surface area contributed by atoms with E-state index in [1.54, 1.807) is 6.20 Å². The minimum absolute atomic E-state index is 0.382. The number of rotatable bonds is 3. The summed E-state index contributed by atoms with van der Waals surface area (Å²) in [4.78, 5) is 0. The Morgan fingerprint density at radius 1 is 1.17 bits per heavy atom. The molecule has 2 aromatic rings. The van der Waals surface area contributed by atoms with E-state index in [0.717, 1.165) is 15.9 Å². The fourth-order valence-electron chi connectivity index (χ4n) is 2.30. The van der Waals surface area contributed by atoms with Gasteiger partial charge in [-0.05, 0) is 49.9 Å². The largest absolute Gasteiger partial charge is 0.487 e. The van der Waals surface area contributed by atoms with Gasteiger partial charge in [-0.15, -0.1) is 0 Å². The van der Waals surface area contributed by atoms with Gasteiger partial charge < -0.3 is 4.74 Å². The molecule has 3 rings (SSSR count). The molecule has 1 aliphatic carbocycles. The van der Waals surface area contributed by atoms with Crippen molar-refractivity contribution in [1.29, 1.82) is 0 Å². The zero-order valence-electron chi connectivity index (χ0n) is 10.1. The molecular formula is C14H15BrN2O. The molecule has 0 radical (unpaired) electrons. The van der Waals surface area contributed by atoms with Crippen LogP contribution < -0.4 is 4.74 Å². The molecule has 0 saturated heterocycles. The molecular weight excluding hydrogens is 292 g/mol. The van der Waals surface area contributed by atoms with Crippen LogP contribution in [0.3, 0.4) is 0 Å². The van der Waals surface area contributed by atoms with Crippen LogP contribution in [-0.2, 0) is 0 Å². The van der Waals surface area contributed by atoms with Crippen LogP contribution in [0.25, 0.3) is 5.69 Å². The van der Waals surface area contributed by atoms with E-state index in [1.807, 2.05) is 35.1 Å². The van der Waals surface area contributed by atoms with Gasteiger partial charge in [0.25, 0.3) is 0 Å². The van der Waals surface area contributed by atoms with Gasteiger partial charge in [-0.1, -0.05) is 15.9 Å². The highest BCUT2D eigenvalue weighted by Crippen LogP contribution is 2.24. The fraction of sp³-hybridized carbons (Fsp3) is 0.357. The standard InChI is InChI=1S/C14H15BrN2O/c15-11-5-7-12(8-6-11)17-10-14(9-16-17)18-13-3-1-2-4-13/h5-10,13H,1-4H2. The molecule has 3 nitrogen and oxygen atoms in total. The van der Waals surface area contributed by atoms with E-state index < -0.39 is 0 Å². The summed E-state index contributed by atoms with van der Waals surface area (Å²) in [6.07, 6.45) is 9.03. The molecule has 0 atom stereocenters. The number of nitrogens with zero attached hydrogens (tertiary/aromatic N) is 2. The maximum atomic E-state index is 5.91. The number of ether oxygens (including phenoxy) is 1. The maximum Gasteiger partial charge on any atom is 0.158 e. The highest BCUT2D eigenvalue weighted by atomic mass is 79.9. The van der Waals surface area contributed by atoms with Crippen LogP contribution >= 0.6 is 15.9 Å². The third kappa shape index (κ3) is 2.58. The normalized spacial score (nSPS) is 16.1. The lowest BCUT2D eigenvalue weighted by Gasteiger charge is -2.09. The summed E-state index contributed by atoms with van der Waals surface area (Å²) in [5, 5.41) is 4.33. The fourth-order valence-corrected chi connectivity index (χ4v) is 2.57. The van der Waals surface area contributed by atoms with Gasteiger partial charge in [-0.25, -0.2) is 4.68 Å². The molecule has 0 bridgehead atoms. The van der Waals surface area contributed by atoms with Crippen LogP contribution in [0, 0.1) is 0 Å². The number of benzene rings is 1. The lowest BCUT2D eigenvalue weighted by molar-refractivity contribution is 0.210. The second kappa shape index (κ2) is 5.14. The van der Waals surface area contributed by atoms with E-state index in [9.17, 15) is 0 Å². The lowest BCUT2D eigenvalue weighted by Crippen LogP contribution is -2.10. The van der Waals surface area contributed by atoms with Crippen LogP contribution in [0.2, 0.25) is 0 Å². The van der Waals surface area contributed by atoms with Gasteiger partial charge in [-0.3, -0.25) is 0 Å². The minimum atomic E-state index is 0.382. The Morgan fingerprint density at radius 2 is 1.89 bits per heavy atom. The van der Waals surface area contributed by atoms with Crippen molar-refractivity contribution in [3.05, 3.63) is 41.1 Å². The van der Waals surface area contributed by atoms with Crippen LogP contribution in [-0.4, -0.2) is 15.9 Å². The topological polar surface area (TPSA) is 27.1 Å². The van der Waals surface area contributed by atoms with E-state index in [0.29, 0.717) is 6.10 Å². The second-order valence-electron chi connectivity index (χ2n) is 4.62. The summed E-state index contributed by atoms with van der Waals surface area (Å²) in [6.45, 7) is 0. The summed E-state index contributed by atoms with van der Waals surface area (Å²) in [7, 11) is 0. The molecule has 4 heteroatoms. The zero-order chi connectivity index (χ0) is 12.4. The Morgan fingerprint density at radius 3 is 2.61 bits per heavy atom. The summed E-state index contributed by atoms with van der Waals surface area (Å²) in [5.41, 5.74) is 1.04. The van der Waals surface area contributed by atoms with Crippen molar-refractivity contribution >= 4 is 15.9 Å². The lowest BCUT2D eigenvalue weighted by atomic mass is 10.3. The van der Waals surface area contributed by atoms with Gasteiger partial charge in [-0.2, -0.15) is 5.10 Å². The molecule has 1 aromatic heterocycles. The Hall–Kier alpha value is -1.29. The highest BCUT2D eigenvalue weighted by Gasteiger charge is 2.17. The molecule has 1 aromatic carbocycles. The summed E-state index contributed by atoms with van der Waals surface area (Å²) >= 11 is 3.43. The Balaban J connectivity index is 1.74. The molecule has 1 fully saturated rings. The zero-order valence-corrected chi connectivity index (χ0v) is 11.6. The second-order valence-corrected chi connectivity index (χ2v) is 5.54. The minimum Gasteiger partial charge on any atom is -0.487 e. The van der Waals surface area contributed by atoms with E-state index in [1.165, 1.54) is 25.7 Å². The molecule has 0 unspecified atom stereocenters. The number of hydrogen-bond donors (Lipinski definition) is 0. The van der Waals surface area contributed by atoms with Gasteiger partial charge in [0.2, 0.25) is 0 Å². The maximum absolute atomic E-state index is 5.91.